The fraction of sp³-hybridized carbons (Fsp3) is 0.769. The lowest BCUT2D eigenvalue weighted by atomic mass is 9.85. The summed E-state index contributed by atoms with van der Waals surface area (Å²) in [5.74, 6) is 0.700. The van der Waals surface area contributed by atoms with Crippen molar-refractivity contribution in [2.24, 2.45) is 5.92 Å². The minimum Gasteiger partial charge on any atom is -0.310 e. The summed E-state index contributed by atoms with van der Waals surface area (Å²) in [7, 11) is 2.22. The molecule has 0 radical (unpaired) electrons. The first kappa shape index (κ1) is 26.5. The highest BCUT2D eigenvalue weighted by Crippen LogP contribution is 2.36. The van der Waals surface area contributed by atoms with Crippen molar-refractivity contribution < 1.29 is 13.2 Å². The molecule has 0 saturated carbocycles. The molecule has 2 saturated heterocycles. The number of nitrogens with zero attached hydrogens (tertiary/aromatic N) is 3. The first-order valence-electron chi connectivity index (χ1n) is 12.4. The van der Waals surface area contributed by atoms with Crippen LogP contribution in [0.25, 0.3) is 0 Å². The fourth-order valence-electron chi connectivity index (χ4n) is 5.08. The molecule has 33 heavy (non-hydrogen) atoms. The van der Waals surface area contributed by atoms with Gasteiger partial charge in [0.2, 0.25) is 0 Å². The minimum atomic E-state index is -4.33. The van der Waals surface area contributed by atoms with Crippen LogP contribution >= 0.6 is 0 Å². The van der Waals surface area contributed by atoms with Gasteiger partial charge in [-0.1, -0.05) is 46.8 Å². The van der Waals surface area contributed by atoms with Crippen LogP contribution in [-0.2, 0) is 18.1 Å². The van der Waals surface area contributed by atoms with Gasteiger partial charge in [0.15, 0.2) is 0 Å². The third-order valence-electron chi connectivity index (χ3n) is 7.14. The van der Waals surface area contributed by atoms with Gasteiger partial charge in [-0.3, -0.25) is 9.80 Å². The lowest BCUT2D eigenvalue weighted by Gasteiger charge is -2.42. The maximum atomic E-state index is 13.8. The molecular weight excluding hydrogens is 425 g/mol. The molecule has 2 aliphatic rings. The summed E-state index contributed by atoms with van der Waals surface area (Å²) < 4.78 is 41.4. The van der Waals surface area contributed by atoms with Crippen LogP contribution in [-0.4, -0.2) is 79.6 Å². The average Bonchev–Trinajstić information content (AvgIpc) is 2.70. The molecule has 0 bridgehead atoms. The van der Waals surface area contributed by atoms with Crippen LogP contribution in [0.5, 0.6) is 0 Å². The van der Waals surface area contributed by atoms with Crippen molar-refractivity contribution in [3.8, 4) is 0 Å². The molecular formula is C26H43F3N4. The van der Waals surface area contributed by atoms with Gasteiger partial charge in [0.05, 0.1) is 5.56 Å². The molecule has 2 fully saturated rings. The zero-order chi connectivity index (χ0) is 24.4. The number of piperazine rings is 2. The van der Waals surface area contributed by atoms with Gasteiger partial charge >= 0.3 is 6.18 Å². The first-order valence-corrected chi connectivity index (χ1v) is 12.4. The van der Waals surface area contributed by atoms with Crippen molar-refractivity contribution in [2.45, 2.75) is 71.3 Å². The Morgan fingerprint density at radius 3 is 2.21 bits per heavy atom. The number of hydrogen-bond acceptors (Lipinski definition) is 4. The second kappa shape index (κ2) is 10.6. The van der Waals surface area contributed by atoms with Crippen LogP contribution in [0.1, 0.15) is 57.7 Å². The lowest BCUT2D eigenvalue weighted by Crippen LogP contribution is -2.59. The van der Waals surface area contributed by atoms with Gasteiger partial charge in [0, 0.05) is 64.4 Å². The Bertz CT molecular complexity index is 764. The topological polar surface area (TPSA) is 21.8 Å². The van der Waals surface area contributed by atoms with Gasteiger partial charge in [-0.2, -0.15) is 13.2 Å². The van der Waals surface area contributed by atoms with Crippen LogP contribution < -0.4 is 5.32 Å². The van der Waals surface area contributed by atoms with Crippen LogP contribution in [0.3, 0.4) is 0 Å². The van der Waals surface area contributed by atoms with E-state index in [1.165, 1.54) is 12.5 Å². The van der Waals surface area contributed by atoms with Gasteiger partial charge in [-0.25, -0.2) is 0 Å². The van der Waals surface area contributed by atoms with E-state index in [0.717, 1.165) is 51.4 Å². The van der Waals surface area contributed by atoms with Crippen molar-refractivity contribution in [3.05, 3.63) is 34.9 Å². The Morgan fingerprint density at radius 1 is 1.03 bits per heavy atom. The second-order valence-corrected chi connectivity index (χ2v) is 11.5. The number of benzene rings is 1. The molecule has 0 amide bonds. The summed E-state index contributed by atoms with van der Waals surface area (Å²) >= 11 is 0. The molecule has 0 aromatic heterocycles. The van der Waals surface area contributed by atoms with E-state index < -0.39 is 11.7 Å². The third-order valence-corrected chi connectivity index (χ3v) is 7.14. The molecule has 2 unspecified atom stereocenters. The van der Waals surface area contributed by atoms with Gasteiger partial charge in [-0.15, -0.1) is 0 Å². The maximum Gasteiger partial charge on any atom is 0.416 e. The molecule has 2 aliphatic heterocycles. The first-order chi connectivity index (χ1) is 15.3. The van der Waals surface area contributed by atoms with E-state index in [1.807, 2.05) is 26.8 Å². The molecule has 0 spiro atoms. The molecule has 0 aliphatic carbocycles. The number of halogens is 3. The van der Waals surface area contributed by atoms with E-state index in [0.29, 0.717) is 30.1 Å². The summed E-state index contributed by atoms with van der Waals surface area (Å²) in [6.07, 6.45) is -3.12. The van der Waals surface area contributed by atoms with Gasteiger partial charge < -0.3 is 10.2 Å². The van der Waals surface area contributed by atoms with Crippen LogP contribution in [0.15, 0.2) is 18.2 Å². The molecule has 2 heterocycles. The maximum absolute atomic E-state index is 13.8. The van der Waals surface area contributed by atoms with Crippen molar-refractivity contribution in [1.82, 2.24) is 20.0 Å². The summed E-state index contributed by atoms with van der Waals surface area (Å²) in [4.78, 5) is 7.10. The second-order valence-electron chi connectivity index (χ2n) is 11.5. The summed E-state index contributed by atoms with van der Waals surface area (Å²) in [6.45, 7) is 17.2. The van der Waals surface area contributed by atoms with E-state index in [-0.39, 0.29) is 5.41 Å². The largest absolute Gasteiger partial charge is 0.416 e. The zero-order valence-corrected chi connectivity index (χ0v) is 21.3. The minimum absolute atomic E-state index is 0.305. The normalized spacial score (nSPS) is 24.5. The van der Waals surface area contributed by atoms with Gasteiger partial charge in [-0.05, 0) is 42.0 Å². The predicted octanol–water partition coefficient (Wildman–Crippen LogP) is 4.44. The molecule has 1 N–H and O–H groups in total. The Hall–Kier alpha value is -1.15. The van der Waals surface area contributed by atoms with Crippen LogP contribution in [0, 0.1) is 5.92 Å². The summed E-state index contributed by atoms with van der Waals surface area (Å²) in [5, 5.41) is 3.72. The van der Waals surface area contributed by atoms with E-state index in [4.69, 9.17) is 0 Å². The number of rotatable bonds is 6. The molecule has 4 nitrogen and oxygen atoms in total. The highest BCUT2D eigenvalue weighted by Gasteiger charge is 2.35. The molecule has 7 heteroatoms. The zero-order valence-electron chi connectivity index (χ0n) is 21.3. The van der Waals surface area contributed by atoms with Crippen molar-refractivity contribution in [3.63, 3.8) is 0 Å². The number of alkyl halides is 3. The number of likely N-dealkylation sites (N-methyl/N-ethyl adjacent to an activating group) is 1. The summed E-state index contributed by atoms with van der Waals surface area (Å²) in [6, 6.07) is 5.95. The SMILES string of the molecule is CC(C)CC1CNC(CN2CCN(Cc3ccc(C(C)(C)C)cc3C(F)(F)F)CC2)CN1C. The fourth-order valence-corrected chi connectivity index (χ4v) is 5.08. The average molecular weight is 469 g/mol. The molecule has 3 rings (SSSR count). The van der Waals surface area contributed by atoms with E-state index in [1.54, 1.807) is 6.07 Å². The monoisotopic (exact) mass is 468 g/mol. The predicted molar refractivity (Wildman–Crippen MR) is 130 cm³/mol. The number of nitrogens with one attached hydrogen (secondary N) is 1. The molecule has 188 valence electrons. The standard InChI is InChI=1S/C26H43F3N4/c1-19(2)13-23-15-30-22(17-31(23)6)18-33-11-9-32(10-12-33)16-20-7-8-21(25(3,4)5)14-24(20)26(27,28)29/h7-8,14,19,22-23,30H,9-13,15-18H2,1-6H3. The smallest absolute Gasteiger partial charge is 0.310 e. The summed E-state index contributed by atoms with van der Waals surface area (Å²) in [5.41, 5.74) is 0.322. The van der Waals surface area contributed by atoms with E-state index in [9.17, 15) is 13.2 Å². The van der Waals surface area contributed by atoms with E-state index >= 15 is 0 Å². The van der Waals surface area contributed by atoms with E-state index in [2.05, 4.69) is 40.9 Å². The number of hydrogen-bond donors (Lipinski definition) is 1. The van der Waals surface area contributed by atoms with Gasteiger partial charge in [0.25, 0.3) is 0 Å². The van der Waals surface area contributed by atoms with Crippen molar-refractivity contribution >= 4 is 0 Å². The Labute approximate surface area is 198 Å². The lowest BCUT2D eigenvalue weighted by molar-refractivity contribution is -0.138. The Morgan fingerprint density at radius 2 is 1.67 bits per heavy atom. The molecule has 1 aromatic rings. The molecule has 2 atom stereocenters. The third kappa shape index (κ3) is 7.41. The quantitative estimate of drug-likeness (QED) is 0.666. The van der Waals surface area contributed by atoms with Crippen LogP contribution in [0.4, 0.5) is 13.2 Å². The Balaban J connectivity index is 1.53. The van der Waals surface area contributed by atoms with Gasteiger partial charge in [0.1, 0.15) is 0 Å². The van der Waals surface area contributed by atoms with Crippen molar-refractivity contribution in [1.29, 1.82) is 0 Å². The molecule has 1 aromatic carbocycles. The van der Waals surface area contributed by atoms with Crippen molar-refractivity contribution in [2.75, 3.05) is 52.9 Å². The Kier molecular flexibility index (Phi) is 8.52. The van der Waals surface area contributed by atoms with Crippen LogP contribution in [0.2, 0.25) is 0 Å². The highest BCUT2D eigenvalue weighted by atomic mass is 19.4. The highest BCUT2D eigenvalue weighted by molar-refractivity contribution is 5.37.